The molecular formula is C26H24N4O4. The Balaban J connectivity index is 1.53. The molecule has 1 aliphatic heterocycles. The fourth-order valence-corrected chi connectivity index (χ4v) is 4.81. The summed E-state index contributed by atoms with van der Waals surface area (Å²) in [5, 5.41) is 24.0. The van der Waals surface area contributed by atoms with Crippen LogP contribution in [0, 0.1) is 0 Å². The molecule has 6 rings (SSSR count). The number of aromatic hydroxyl groups is 1. The van der Waals surface area contributed by atoms with Crippen molar-refractivity contribution in [3.63, 3.8) is 0 Å². The molecule has 0 unspecified atom stereocenters. The van der Waals surface area contributed by atoms with Gasteiger partial charge in [0.2, 0.25) is 5.88 Å². The van der Waals surface area contributed by atoms with Gasteiger partial charge in [-0.3, -0.25) is 9.67 Å². The molecule has 3 aromatic heterocycles. The van der Waals surface area contributed by atoms with Crippen LogP contribution < -0.4 is 4.74 Å². The first-order valence-electron chi connectivity index (χ1n) is 11.3. The van der Waals surface area contributed by atoms with Crippen LogP contribution in [0.25, 0.3) is 39.1 Å². The number of fused-ring (bicyclic) bond motifs is 1. The molecule has 0 saturated carbocycles. The van der Waals surface area contributed by atoms with Crippen LogP contribution in [0.4, 0.5) is 0 Å². The van der Waals surface area contributed by atoms with Crippen molar-refractivity contribution in [3.8, 4) is 39.8 Å². The molecule has 34 heavy (non-hydrogen) atoms. The van der Waals surface area contributed by atoms with Crippen molar-refractivity contribution in [1.29, 1.82) is 0 Å². The van der Waals surface area contributed by atoms with Crippen molar-refractivity contribution in [3.05, 3.63) is 66.6 Å². The van der Waals surface area contributed by atoms with E-state index >= 15 is 0 Å². The van der Waals surface area contributed by atoms with Crippen molar-refractivity contribution in [2.24, 2.45) is 0 Å². The van der Waals surface area contributed by atoms with Crippen molar-refractivity contribution in [2.45, 2.75) is 18.8 Å². The Morgan fingerprint density at radius 3 is 2.41 bits per heavy atom. The Bertz CT molecular complexity index is 1410. The highest BCUT2D eigenvalue weighted by molar-refractivity contribution is 5.99. The summed E-state index contributed by atoms with van der Waals surface area (Å²) in [6, 6.07) is 17.6. The molecule has 0 atom stereocenters. The van der Waals surface area contributed by atoms with Crippen LogP contribution in [-0.2, 0) is 4.74 Å². The van der Waals surface area contributed by atoms with Gasteiger partial charge in [-0.25, -0.2) is 0 Å². The van der Waals surface area contributed by atoms with Crippen LogP contribution in [0.15, 0.2) is 65.4 Å². The first-order chi connectivity index (χ1) is 16.7. The second-order valence-electron chi connectivity index (χ2n) is 8.41. The Kier molecular flexibility index (Phi) is 5.07. The molecule has 0 radical (unpaired) electrons. The summed E-state index contributed by atoms with van der Waals surface area (Å²) in [6.07, 6.45) is 3.31. The van der Waals surface area contributed by atoms with Gasteiger partial charge >= 0.3 is 0 Å². The lowest BCUT2D eigenvalue weighted by Crippen LogP contribution is -2.17. The SMILES string of the molecule is COc1ccc(-c2n[nH]c3c(O)n(-c4ccc(-c5ccon5)cc4)c(C4CCOCC4)c23)cc1. The Labute approximate surface area is 195 Å². The zero-order valence-corrected chi connectivity index (χ0v) is 18.7. The lowest BCUT2D eigenvalue weighted by Gasteiger charge is -2.24. The van der Waals surface area contributed by atoms with Gasteiger partial charge in [0, 0.05) is 47.7 Å². The third-order valence-electron chi connectivity index (χ3n) is 6.53. The summed E-state index contributed by atoms with van der Waals surface area (Å²) in [4.78, 5) is 0. The van der Waals surface area contributed by atoms with Gasteiger partial charge in [0.15, 0.2) is 0 Å². The second-order valence-corrected chi connectivity index (χ2v) is 8.41. The van der Waals surface area contributed by atoms with Crippen LogP contribution in [0.1, 0.15) is 24.5 Å². The largest absolute Gasteiger partial charge is 0.497 e. The number of H-pyrrole nitrogens is 1. The maximum Gasteiger partial charge on any atom is 0.222 e. The van der Waals surface area contributed by atoms with E-state index in [0.717, 1.165) is 57.9 Å². The molecule has 8 nitrogen and oxygen atoms in total. The third kappa shape index (κ3) is 3.34. The van der Waals surface area contributed by atoms with E-state index in [-0.39, 0.29) is 11.8 Å². The molecule has 2 aromatic carbocycles. The molecular weight excluding hydrogens is 432 g/mol. The third-order valence-corrected chi connectivity index (χ3v) is 6.53. The Hall–Kier alpha value is -4.04. The summed E-state index contributed by atoms with van der Waals surface area (Å²) in [7, 11) is 1.65. The lowest BCUT2D eigenvalue weighted by atomic mass is 9.93. The first kappa shape index (κ1) is 20.6. The fraction of sp³-hybridized carbons (Fsp3) is 0.231. The number of methoxy groups -OCH3 is 1. The van der Waals surface area contributed by atoms with Crippen LogP contribution in [0.3, 0.4) is 0 Å². The van der Waals surface area contributed by atoms with Gasteiger partial charge in [-0.1, -0.05) is 17.3 Å². The molecule has 5 aromatic rings. The van der Waals surface area contributed by atoms with Crippen molar-refractivity contribution < 1.29 is 19.1 Å². The summed E-state index contributed by atoms with van der Waals surface area (Å²) in [6.45, 7) is 1.39. The van der Waals surface area contributed by atoms with E-state index in [1.165, 1.54) is 0 Å². The van der Waals surface area contributed by atoms with Crippen LogP contribution in [0.5, 0.6) is 11.6 Å². The summed E-state index contributed by atoms with van der Waals surface area (Å²) in [5.41, 5.74) is 6.04. The van der Waals surface area contributed by atoms with Crippen LogP contribution >= 0.6 is 0 Å². The minimum absolute atomic E-state index is 0.151. The van der Waals surface area contributed by atoms with Crippen molar-refractivity contribution in [2.75, 3.05) is 20.3 Å². The zero-order valence-electron chi connectivity index (χ0n) is 18.7. The van der Waals surface area contributed by atoms with E-state index in [1.54, 1.807) is 13.4 Å². The number of nitrogens with zero attached hydrogens (tertiary/aromatic N) is 3. The molecule has 1 fully saturated rings. The standard InChI is InChI=1S/C26H24N4O4/c1-32-20-8-4-17(5-9-20)23-22-24(28-27-23)26(31)30(25(22)18-10-13-33-14-11-18)19-6-2-16(3-7-19)21-12-15-34-29-21/h2-9,12,15,18,28,31H,10-11,13-14H2,1H3. The Morgan fingerprint density at radius 1 is 1.00 bits per heavy atom. The van der Waals surface area contributed by atoms with E-state index in [2.05, 4.69) is 15.4 Å². The van der Waals surface area contributed by atoms with Gasteiger partial charge in [0.25, 0.3) is 0 Å². The van der Waals surface area contributed by atoms with E-state index in [1.807, 2.05) is 59.2 Å². The molecule has 0 aliphatic carbocycles. The summed E-state index contributed by atoms with van der Waals surface area (Å²) >= 11 is 0. The van der Waals surface area contributed by atoms with Gasteiger partial charge < -0.3 is 19.1 Å². The van der Waals surface area contributed by atoms with E-state index in [4.69, 9.17) is 14.0 Å². The predicted octanol–water partition coefficient (Wildman–Crippen LogP) is 5.28. The highest BCUT2D eigenvalue weighted by atomic mass is 16.5. The predicted molar refractivity (Wildman–Crippen MR) is 127 cm³/mol. The topological polar surface area (TPSA) is 98.3 Å². The highest BCUT2D eigenvalue weighted by Crippen LogP contribution is 2.44. The van der Waals surface area contributed by atoms with E-state index in [0.29, 0.717) is 18.7 Å². The quantitative estimate of drug-likeness (QED) is 0.373. The number of ether oxygens (including phenoxy) is 2. The van der Waals surface area contributed by atoms with E-state index < -0.39 is 0 Å². The molecule has 0 bridgehead atoms. The number of hydrogen-bond donors (Lipinski definition) is 2. The normalized spacial score (nSPS) is 14.6. The molecule has 1 aliphatic rings. The monoisotopic (exact) mass is 456 g/mol. The smallest absolute Gasteiger partial charge is 0.222 e. The minimum atomic E-state index is 0.151. The minimum Gasteiger partial charge on any atom is -0.497 e. The zero-order chi connectivity index (χ0) is 23.1. The maximum atomic E-state index is 11.4. The van der Waals surface area contributed by atoms with Crippen LogP contribution in [-0.4, -0.2) is 45.4 Å². The summed E-state index contributed by atoms with van der Waals surface area (Å²) < 4.78 is 17.9. The number of nitrogens with one attached hydrogen (secondary N) is 1. The number of aromatic nitrogens is 4. The molecule has 1 saturated heterocycles. The van der Waals surface area contributed by atoms with Gasteiger partial charge in [-0.05, 0) is 49.2 Å². The molecule has 2 N–H and O–H groups in total. The Morgan fingerprint density at radius 2 is 1.74 bits per heavy atom. The average molecular weight is 457 g/mol. The van der Waals surface area contributed by atoms with Crippen LogP contribution in [0.2, 0.25) is 0 Å². The molecule has 8 heteroatoms. The number of rotatable bonds is 5. The maximum absolute atomic E-state index is 11.4. The van der Waals surface area contributed by atoms with Gasteiger partial charge in [0.05, 0.1) is 12.5 Å². The van der Waals surface area contributed by atoms with Crippen molar-refractivity contribution >= 4 is 10.9 Å². The fourth-order valence-electron chi connectivity index (χ4n) is 4.81. The highest BCUT2D eigenvalue weighted by Gasteiger charge is 2.30. The summed E-state index contributed by atoms with van der Waals surface area (Å²) in [5.74, 6) is 1.16. The molecule has 172 valence electrons. The van der Waals surface area contributed by atoms with Gasteiger partial charge in [0.1, 0.15) is 28.9 Å². The van der Waals surface area contributed by atoms with E-state index in [9.17, 15) is 5.11 Å². The first-order valence-corrected chi connectivity index (χ1v) is 11.3. The van der Waals surface area contributed by atoms with Gasteiger partial charge in [-0.2, -0.15) is 5.10 Å². The average Bonchev–Trinajstić information content (AvgIpc) is 3.63. The number of benzene rings is 2. The van der Waals surface area contributed by atoms with Gasteiger partial charge in [-0.15, -0.1) is 0 Å². The number of hydrogen-bond acceptors (Lipinski definition) is 6. The lowest BCUT2D eigenvalue weighted by molar-refractivity contribution is 0.0843. The van der Waals surface area contributed by atoms with Crippen molar-refractivity contribution in [1.82, 2.24) is 19.9 Å². The number of aromatic amines is 1. The molecule has 0 spiro atoms. The molecule has 4 heterocycles. The molecule has 0 amide bonds. The second kappa shape index (κ2) is 8.39.